The molecule has 1 aliphatic rings. The van der Waals surface area contributed by atoms with E-state index in [-0.39, 0.29) is 11.9 Å². The maximum absolute atomic E-state index is 9.51. The first-order chi connectivity index (χ1) is 8.72. The molecule has 1 N–H and O–H groups in total. The maximum atomic E-state index is 9.51. The fourth-order valence-electron chi connectivity index (χ4n) is 2.33. The second-order valence-corrected chi connectivity index (χ2v) is 4.70. The van der Waals surface area contributed by atoms with Crippen molar-refractivity contribution in [1.29, 1.82) is 0 Å². The zero-order valence-corrected chi connectivity index (χ0v) is 10.3. The lowest BCUT2D eigenvalue weighted by molar-refractivity contribution is 0.0532. The first-order valence-corrected chi connectivity index (χ1v) is 6.18. The van der Waals surface area contributed by atoms with Gasteiger partial charge in [0.15, 0.2) is 0 Å². The Morgan fingerprint density at radius 2 is 2.28 bits per heavy atom. The molecule has 0 amide bonds. The molecular formula is C14H16N2O2. The Bertz CT molecular complexity index is 571. The Hall–Kier alpha value is -1.81. The molecule has 0 bridgehead atoms. The van der Waals surface area contributed by atoms with Gasteiger partial charge in [-0.3, -0.25) is 4.98 Å². The van der Waals surface area contributed by atoms with Gasteiger partial charge in [-0.25, -0.2) is 0 Å². The molecular weight excluding hydrogens is 228 g/mol. The van der Waals surface area contributed by atoms with Crippen molar-refractivity contribution in [3.8, 4) is 5.75 Å². The largest absolute Gasteiger partial charge is 0.508 e. The highest BCUT2D eigenvalue weighted by atomic mass is 16.5. The number of hydrogen-bond acceptors (Lipinski definition) is 4. The van der Waals surface area contributed by atoms with Crippen LogP contribution in [0, 0.1) is 0 Å². The van der Waals surface area contributed by atoms with Crippen molar-refractivity contribution >= 4 is 16.6 Å². The molecule has 1 fully saturated rings. The van der Waals surface area contributed by atoms with Crippen LogP contribution in [0.2, 0.25) is 0 Å². The molecule has 1 aromatic carbocycles. The van der Waals surface area contributed by atoms with Crippen molar-refractivity contribution in [3.63, 3.8) is 0 Å². The number of hydrogen-bond donors (Lipinski definition) is 1. The molecule has 1 unspecified atom stereocenters. The molecule has 3 rings (SSSR count). The average Bonchev–Trinajstić information content (AvgIpc) is 2.38. The number of benzene rings is 1. The third kappa shape index (κ3) is 2.11. The smallest absolute Gasteiger partial charge is 0.116 e. The van der Waals surface area contributed by atoms with Gasteiger partial charge in [-0.1, -0.05) is 0 Å². The molecule has 1 aromatic heterocycles. The summed E-state index contributed by atoms with van der Waals surface area (Å²) in [6, 6.07) is 7.30. The van der Waals surface area contributed by atoms with Crippen molar-refractivity contribution in [2.24, 2.45) is 0 Å². The first-order valence-electron chi connectivity index (χ1n) is 6.18. The van der Waals surface area contributed by atoms with E-state index in [0.29, 0.717) is 0 Å². The van der Waals surface area contributed by atoms with Crippen LogP contribution < -0.4 is 4.90 Å². The van der Waals surface area contributed by atoms with E-state index in [0.717, 1.165) is 36.3 Å². The van der Waals surface area contributed by atoms with Gasteiger partial charge in [0.1, 0.15) is 5.75 Å². The minimum absolute atomic E-state index is 0.249. The van der Waals surface area contributed by atoms with Crippen LogP contribution in [0.5, 0.6) is 5.75 Å². The van der Waals surface area contributed by atoms with Crippen LogP contribution in [0.25, 0.3) is 10.9 Å². The molecule has 0 aliphatic carbocycles. The number of aromatic nitrogens is 1. The molecule has 1 atom stereocenters. The highest BCUT2D eigenvalue weighted by Crippen LogP contribution is 2.24. The minimum atomic E-state index is 0.249. The van der Waals surface area contributed by atoms with Gasteiger partial charge in [0.25, 0.3) is 0 Å². The van der Waals surface area contributed by atoms with Crippen LogP contribution in [-0.2, 0) is 4.74 Å². The van der Waals surface area contributed by atoms with Crippen molar-refractivity contribution < 1.29 is 9.84 Å². The maximum Gasteiger partial charge on any atom is 0.116 e. The summed E-state index contributed by atoms with van der Waals surface area (Å²) in [6.07, 6.45) is 2.14. The normalized spacial score (nSPS) is 20.3. The Balaban J connectivity index is 1.96. The first kappa shape index (κ1) is 11.3. The molecule has 2 aromatic rings. The molecule has 4 heteroatoms. The fraction of sp³-hybridized carbons (Fsp3) is 0.357. The summed E-state index contributed by atoms with van der Waals surface area (Å²) in [5.41, 5.74) is 1.99. The Morgan fingerprint density at radius 3 is 3.11 bits per heavy atom. The summed E-state index contributed by atoms with van der Waals surface area (Å²) in [5.74, 6) is 0.275. The van der Waals surface area contributed by atoms with E-state index >= 15 is 0 Å². The van der Waals surface area contributed by atoms with Gasteiger partial charge in [-0.05, 0) is 31.2 Å². The molecule has 0 spiro atoms. The average molecular weight is 244 g/mol. The Morgan fingerprint density at radius 1 is 1.39 bits per heavy atom. The minimum Gasteiger partial charge on any atom is -0.508 e. The van der Waals surface area contributed by atoms with E-state index in [9.17, 15) is 5.11 Å². The van der Waals surface area contributed by atoms with Crippen LogP contribution in [0.1, 0.15) is 6.92 Å². The lowest BCUT2D eigenvalue weighted by atomic mass is 10.2. The summed E-state index contributed by atoms with van der Waals surface area (Å²) < 4.78 is 5.53. The quantitative estimate of drug-likeness (QED) is 0.835. The van der Waals surface area contributed by atoms with Crippen LogP contribution in [0.15, 0.2) is 30.5 Å². The van der Waals surface area contributed by atoms with E-state index < -0.39 is 0 Å². The molecule has 18 heavy (non-hydrogen) atoms. The highest BCUT2D eigenvalue weighted by molar-refractivity contribution is 5.83. The van der Waals surface area contributed by atoms with Crippen LogP contribution >= 0.6 is 0 Å². The van der Waals surface area contributed by atoms with Crippen LogP contribution in [0.3, 0.4) is 0 Å². The number of phenolic OH excluding ortho intramolecular Hbond substituents is 1. The topological polar surface area (TPSA) is 45.6 Å². The zero-order valence-electron chi connectivity index (χ0n) is 10.3. The molecule has 2 heterocycles. The molecule has 0 radical (unpaired) electrons. The number of nitrogens with zero attached hydrogens (tertiary/aromatic N) is 2. The summed E-state index contributed by atoms with van der Waals surface area (Å²) >= 11 is 0. The lowest BCUT2D eigenvalue weighted by Gasteiger charge is -2.32. The summed E-state index contributed by atoms with van der Waals surface area (Å²) in [6.45, 7) is 4.59. The van der Waals surface area contributed by atoms with E-state index in [1.165, 1.54) is 0 Å². The van der Waals surface area contributed by atoms with E-state index in [1.54, 1.807) is 12.1 Å². The van der Waals surface area contributed by atoms with Crippen LogP contribution in [-0.4, -0.2) is 35.9 Å². The van der Waals surface area contributed by atoms with Gasteiger partial charge in [-0.2, -0.15) is 0 Å². The molecule has 1 saturated heterocycles. The van der Waals surface area contributed by atoms with E-state index in [2.05, 4.69) is 22.9 Å². The third-order valence-corrected chi connectivity index (χ3v) is 3.26. The lowest BCUT2D eigenvalue weighted by Crippen LogP contribution is -2.41. The van der Waals surface area contributed by atoms with Gasteiger partial charge in [0.2, 0.25) is 0 Å². The Kier molecular flexibility index (Phi) is 2.80. The number of morpholine rings is 1. The van der Waals surface area contributed by atoms with Crippen molar-refractivity contribution in [1.82, 2.24) is 4.98 Å². The fourth-order valence-corrected chi connectivity index (χ4v) is 2.33. The highest BCUT2D eigenvalue weighted by Gasteiger charge is 2.17. The standard InChI is InChI=1S/C14H16N2O2/c1-10-9-16(4-5-18-10)12-6-11-7-13(17)2-3-14(11)15-8-12/h2-3,6-8,10,17H,4-5,9H2,1H3. The predicted octanol–water partition coefficient (Wildman–Crippen LogP) is 2.17. The number of rotatable bonds is 1. The predicted molar refractivity (Wildman–Crippen MR) is 71.0 cm³/mol. The second-order valence-electron chi connectivity index (χ2n) is 4.70. The summed E-state index contributed by atoms with van der Waals surface area (Å²) in [7, 11) is 0. The third-order valence-electron chi connectivity index (χ3n) is 3.26. The Labute approximate surface area is 106 Å². The van der Waals surface area contributed by atoms with Gasteiger partial charge in [0, 0.05) is 18.5 Å². The van der Waals surface area contributed by atoms with E-state index in [1.807, 2.05) is 12.3 Å². The number of anilines is 1. The zero-order chi connectivity index (χ0) is 12.5. The van der Waals surface area contributed by atoms with Gasteiger partial charge in [-0.15, -0.1) is 0 Å². The van der Waals surface area contributed by atoms with Crippen LogP contribution in [0.4, 0.5) is 5.69 Å². The number of phenols is 1. The van der Waals surface area contributed by atoms with Gasteiger partial charge >= 0.3 is 0 Å². The molecule has 94 valence electrons. The van der Waals surface area contributed by atoms with Gasteiger partial charge < -0.3 is 14.7 Å². The molecule has 4 nitrogen and oxygen atoms in total. The molecule has 1 aliphatic heterocycles. The number of pyridine rings is 1. The number of ether oxygens (including phenoxy) is 1. The summed E-state index contributed by atoms with van der Waals surface area (Å²) in [4.78, 5) is 6.70. The van der Waals surface area contributed by atoms with E-state index in [4.69, 9.17) is 4.74 Å². The molecule has 0 saturated carbocycles. The SMILES string of the molecule is CC1CN(c2cnc3ccc(O)cc3c2)CCO1. The van der Waals surface area contributed by atoms with Crippen molar-refractivity contribution in [3.05, 3.63) is 30.5 Å². The second kappa shape index (κ2) is 4.46. The monoisotopic (exact) mass is 244 g/mol. The number of aromatic hydroxyl groups is 1. The van der Waals surface area contributed by atoms with Crippen molar-refractivity contribution in [2.75, 3.05) is 24.6 Å². The summed E-state index contributed by atoms with van der Waals surface area (Å²) in [5, 5.41) is 10.5. The van der Waals surface area contributed by atoms with Gasteiger partial charge in [0.05, 0.1) is 30.1 Å². The van der Waals surface area contributed by atoms with Crippen molar-refractivity contribution in [2.45, 2.75) is 13.0 Å². The number of fused-ring (bicyclic) bond motifs is 1.